The minimum Gasteiger partial charge on any atom is -0.494 e. The predicted octanol–water partition coefficient (Wildman–Crippen LogP) is 4.15. The van der Waals surface area contributed by atoms with E-state index in [1.165, 1.54) is 44.2 Å². The van der Waals surface area contributed by atoms with Crippen LogP contribution in [-0.4, -0.2) is 33.7 Å². The lowest BCUT2D eigenvalue weighted by atomic mass is 9.95. The molecule has 30 heavy (non-hydrogen) atoms. The lowest BCUT2D eigenvalue weighted by molar-refractivity contribution is 0.0695. The Morgan fingerprint density at radius 1 is 0.933 bits per heavy atom. The van der Waals surface area contributed by atoms with Gasteiger partial charge in [0.25, 0.3) is 5.56 Å². The van der Waals surface area contributed by atoms with Gasteiger partial charge in [-0.05, 0) is 24.1 Å². The van der Waals surface area contributed by atoms with E-state index in [0.29, 0.717) is 12.4 Å². The number of pyridine rings is 1. The molecule has 0 spiro atoms. The molecule has 2 aromatic rings. The van der Waals surface area contributed by atoms with Crippen LogP contribution in [0, 0.1) is 0 Å². The van der Waals surface area contributed by atoms with Gasteiger partial charge in [-0.1, -0.05) is 57.6 Å². The monoisotopic (exact) mass is 416 g/mol. The molecule has 0 atom stereocenters. The number of nitrogen functional groups attached to an aromatic ring is 1. The Morgan fingerprint density at radius 3 is 2.07 bits per heavy atom. The third kappa shape index (κ3) is 5.85. The molecular formula is C22H28N2O6. The lowest BCUT2D eigenvalue weighted by Gasteiger charge is -2.13. The second kappa shape index (κ2) is 11.0. The van der Waals surface area contributed by atoms with Crippen molar-refractivity contribution in [1.82, 2.24) is 4.98 Å². The number of H-pyrrole nitrogens is 1. The molecule has 0 unspecified atom stereocenters. The first-order chi connectivity index (χ1) is 14.4. The fraction of sp³-hybridized carbons (Fsp3) is 0.409. The van der Waals surface area contributed by atoms with E-state index < -0.39 is 34.4 Å². The van der Waals surface area contributed by atoms with Crippen LogP contribution in [0.1, 0.15) is 72.6 Å². The van der Waals surface area contributed by atoms with Gasteiger partial charge < -0.3 is 25.7 Å². The van der Waals surface area contributed by atoms with Crippen LogP contribution in [0.15, 0.2) is 29.1 Å². The number of anilines is 1. The van der Waals surface area contributed by atoms with E-state index in [2.05, 4.69) is 11.9 Å². The molecule has 0 aliphatic carbocycles. The van der Waals surface area contributed by atoms with Crippen LogP contribution in [0.25, 0.3) is 11.1 Å². The predicted molar refractivity (Wildman–Crippen MR) is 114 cm³/mol. The molecule has 5 N–H and O–H groups in total. The van der Waals surface area contributed by atoms with Crippen LogP contribution < -0.4 is 16.0 Å². The highest BCUT2D eigenvalue weighted by Gasteiger charge is 2.26. The average molecular weight is 416 g/mol. The van der Waals surface area contributed by atoms with E-state index in [4.69, 9.17) is 10.5 Å². The van der Waals surface area contributed by atoms with Gasteiger partial charge in [0.15, 0.2) is 0 Å². The first-order valence-corrected chi connectivity index (χ1v) is 10.1. The standard InChI is InChI=1S/C22H28N2O6/c1-2-3-4-5-6-7-8-13-30-15-11-9-14(10-12-15)16-17(21(26)27)19(23)24-20(25)18(16)22(28)29/h9-12H,2-8,13H2,1H3,(H,26,27)(H,28,29)(H3,23,24,25). The lowest BCUT2D eigenvalue weighted by Crippen LogP contribution is -2.24. The maximum absolute atomic E-state index is 12.1. The van der Waals surface area contributed by atoms with Crippen molar-refractivity contribution < 1.29 is 24.5 Å². The Hall–Kier alpha value is -3.29. The van der Waals surface area contributed by atoms with Crippen LogP contribution >= 0.6 is 0 Å². The van der Waals surface area contributed by atoms with Crippen LogP contribution in [0.3, 0.4) is 0 Å². The van der Waals surface area contributed by atoms with Crippen molar-refractivity contribution >= 4 is 17.8 Å². The summed E-state index contributed by atoms with van der Waals surface area (Å²) >= 11 is 0. The first kappa shape index (κ1) is 23.0. The zero-order valence-corrected chi connectivity index (χ0v) is 17.1. The number of ether oxygens (including phenoxy) is 1. The maximum atomic E-state index is 12.1. The molecule has 1 aromatic heterocycles. The summed E-state index contributed by atoms with van der Waals surface area (Å²) in [5.41, 5.74) is 3.58. The number of carboxylic acid groups (broad SMARTS) is 2. The van der Waals surface area contributed by atoms with Crippen LogP contribution in [0.2, 0.25) is 0 Å². The highest BCUT2D eigenvalue weighted by Crippen LogP contribution is 2.30. The number of nitrogens with two attached hydrogens (primary N) is 1. The Balaban J connectivity index is 2.12. The van der Waals surface area contributed by atoms with Gasteiger partial charge in [-0.2, -0.15) is 0 Å². The first-order valence-electron chi connectivity index (χ1n) is 10.1. The Kier molecular flexibility index (Phi) is 8.46. The second-order valence-electron chi connectivity index (χ2n) is 7.10. The van der Waals surface area contributed by atoms with E-state index in [1.807, 2.05) is 0 Å². The number of hydrogen-bond donors (Lipinski definition) is 4. The van der Waals surface area contributed by atoms with Crippen molar-refractivity contribution in [3.05, 3.63) is 45.7 Å². The Bertz CT molecular complexity index is 934. The van der Waals surface area contributed by atoms with Crippen molar-refractivity contribution in [3.63, 3.8) is 0 Å². The van der Waals surface area contributed by atoms with Gasteiger partial charge >= 0.3 is 11.9 Å². The molecule has 0 fully saturated rings. The number of hydrogen-bond acceptors (Lipinski definition) is 5. The van der Waals surface area contributed by atoms with Gasteiger partial charge in [0.05, 0.1) is 6.61 Å². The van der Waals surface area contributed by atoms with Gasteiger partial charge in [0.1, 0.15) is 22.7 Å². The van der Waals surface area contributed by atoms with Crippen LogP contribution in [-0.2, 0) is 0 Å². The van der Waals surface area contributed by atoms with Crippen molar-refractivity contribution in [1.29, 1.82) is 0 Å². The highest BCUT2D eigenvalue weighted by atomic mass is 16.5. The number of unbranched alkanes of at least 4 members (excludes halogenated alkanes) is 6. The third-order valence-corrected chi connectivity index (χ3v) is 4.83. The number of aromatic amines is 1. The fourth-order valence-electron chi connectivity index (χ4n) is 3.30. The molecule has 0 saturated heterocycles. The van der Waals surface area contributed by atoms with Crippen LogP contribution in [0.4, 0.5) is 5.82 Å². The molecule has 0 aliphatic rings. The summed E-state index contributed by atoms with van der Waals surface area (Å²) in [6.07, 6.45) is 8.22. The smallest absolute Gasteiger partial charge is 0.342 e. The summed E-state index contributed by atoms with van der Waals surface area (Å²) in [5.74, 6) is -2.78. The average Bonchev–Trinajstić information content (AvgIpc) is 2.69. The van der Waals surface area contributed by atoms with E-state index in [0.717, 1.165) is 12.8 Å². The summed E-state index contributed by atoms with van der Waals surface area (Å²) in [6.45, 7) is 2.75. The summed E-state index contributed by atoms with van der Waals surface area (Å²) in [7, 11) is 0. The largest absolute Gasteiger partial charge is 0.494 e. The molecule has 0 radical (unpaired) electrons. The molecular weight excluding hydrogens is 388 g/mol. The SMILES string of the molecule is CCCCCCCCCOc1ccc(-c2c(C(=O)O)c(N)[nH]c(=O)c2C(=O)O)cc1. The minimum atomic E-state index is -1.53. The molecule has 1 heterocycles. The van der Waals surface area contributed by atoms with E-state index in [1.54, 1.807) is 12.1 Å². The number of nitrogens with one attached hydrogen (secondary N) is 1. The molecule has 0 saturated carbocycles. The van der Waals surface area contributed by atoms with E-state index in [-0.39, 0.29) is 11.1 Å². The fourth-order valence-corrected chi connectivity index (χ4v) is 3.30. The zero-order valence-electron chi connectivity index (χ0n) is 17.1. The van der Waals surface area contributed by atoms with Crippen molar-refractivity contribution in [2.45, 2.75) is 51.9 Å². The van der Waals surface area contributed by atoms with Gasteiger partial charge in [-0.3, -0.25) is 4.79 Å². The summed E-state index contributed by atoms with van der Waals surface area (Å²) in [6, 6.07) is 6.27. The second-order valence-corrected chi connectivity index (χ2v) is 7.10. The van der Waals surface area contributed by atoms with Gasteiger partial charge in [0.2, 0.25) is 0 Å². The highest BCUT2D eigenvalue weighted by molar-refractivity contribution is 6.07. The van der Waals surface area contributed by atoms with E-state index in [9.17, 15) is 24.6 Å². The molecule has 162 valence electrons. The number of rotatable bonds is 12. The summed E-state index contributed by atoms with van der Waals surface area (Å²) in [4.78, 5) is 37.4. The number of carbonyl (C=O) groups is 2. The van der Waals surface area contributed by atoms with Crippen molar-refractivity contribution in [2.24, 2.45) is 0 Å². The van der Waals surface area contributed by atoms with Crippen LogP contribution in [0.5, 0.6) is 5.75 Å². The van der Waals surface area contributed by atoms with Crippen molar-refractivity contribution in [2.75, 3.05) is 12.3 Å². The minimum absolute atomic E-state index is 0.227. The number of benzene rings is 1. The number of aromatic carboxylic acids is 2. The molecule has 0 bridgehead atoms. The number of aromatic nitrogens is 1. The van der Waals surface area contributed by atoms with Crippen molar-refractivity contribution in [3.8, 4) is 16.9 Å². The Labute approximate surface area is 174 Å². The van der Waals surface area contributed by atoms with Gasteiger partial charge in [-0.15, -0.1) is 0 Å². The molecule has 8 nitrogen and oxygen atoms in total. The zero-order chi connectivity index (χ0) is 22.1. The topological polar surface area (TPSA) is 143 Å². The molecule has 8 heteroatoms. The van der Waals surface area contributed by atoms with Gasteiger partial charge in [0, 0.05) is 5.56 Å². The van der Waals surface area contributed by atoms with Gasteiger partial charge in [-0.25, -0.2) is 9.59 Å². The molecule has 0 amide bonds. The molecule has 2 rings (SSSR count). The van der Waals surface area contributed by atoms with E-state index >= 15 is 0 Å². The summed E-state index contributed by atoms with van der Waals surface area (Å²) < 4.78 is 5.70. The summed E-state index contributed by atoms with van der Waals surface area (Å²) in [5, 5.41) is 18.9. The normalized spacial score (nSPS) is 10.7. The Morgan fingerprint density at radius 2 is 1.50 bits per heavy atom. The maximum Gasteiger partial charge on any atom is 0.342 e. The third-order valence-electron chi connectivity index (χ3n) is 4.83. The molecule has 0 aliphatic heterocycles. The molecule has 1 aromatic carbocycles. The quantitative estimate of drug-likeness (QED) is 0.381. The number of carboxylic acids is 2.